The summed E-state index contributed by atoms with van der Waals surface area (Å²) < 4.78 is 0. The number of hydrogen-bond acceptors (Lipinski definition) is 5. The molecule has 0 spiro atoms. The van der Waals surface area contributed by atoms with Gasteiger partial charge in [0, 0.05) is 23.1 Å². The average Bonchev–Trinajstić information content (AvgIpc) is 2.96. The summed E-state index contributed by atoms with van der Waals surface area (Å²) in [7, 11) is 0. The predicted octanol–water partition coefficient (Wildman–Crippen LogP) is 5.37. The van der Waals surface area contributed by atoms with Crippen LogP contribution in [0.25, 0.3) is 21.3 Å². The third kappa shape index (κ3) is 3.39. The fourth-order valence-electron chi connectivity index (χ4n) is 2.59. The third-order valence-electron chi connectivity index (χ3n) is 3.68. The Labute approximate surface area is 144 Å². The molecule has 116 valence electrons. The highest BCUT2D eigenvalue weighted by Gasteiger charge is 2.14. The lowest BCUT2D eigenvalue weighted by Crippen LogP contribution is -1.89. The minimum Gasteiger partial charge on any atom is -0.229 e. The first-order valence-electron chi connectivity index (χ1n) is 7.50. The molecule has 0 unspecified atom stereocenters. The van der Waals surface area contributed by atoms with Crippen molar-refractivity contribution in [3.8, 4) is 17.2 Å². The molecule has 2 aromatic heterocycles. The van der Waals surface area contributed by atoms with Gasteiger partial charge in [0.15, 0.2) is 0 Å². The van der Waals surface area contributed by atoms with Gasteiger partial charge >= 0.3 is 0 Å². The molecule has 0 radical (unpaired) electrons. The van der Waals surface area contributed by atoms with E-state index in [1.165, 1.54) is 22.3 Å². The Hall–Kier alpha value is -1.90. The monoisotopic (exact) mass is 339 g/mol. The molecule has 0 atom stereocenters. The summed E-state index contributed by atoms with van der Waals surface area (Å²) in [5.74, 6) is 0.905. The largest absolute Gasteiger partial charge is 0.229 e. The van der Waals surface area contributed by atoms with Crippen LogP contribution in [0.1, 0.15) is 24.0 Å². The first-order chi connectivity index (χ1) is 11.2. The molecule has 0 aliphatic carbocycles. The molecule has 0 bridgehead atoms. The molecule has 0 saturated carbocycles. The van der Waals surface area contributed by atoms with Crippen LogP contribution in [-0.2, 0) is 0 Å². The number of hydrogen-bond donors (Lipinski definition) is 0. The second-order valence-corrected chi connectivity index (χ2v) is 7.38. The van der Waals surface area contributed by atoms with Gasteiger partial charge < -0.3 is 0 Å². The van der Waals surface area contributed by atoms with Gasteiger partial charge in [-0.05, 0) is 31.4 Å². The molecule has 2 heterocycles. The van der Waals surface area contributed by atoms with E-state index in [-0.39, 0.29) is 0 Å². The van der Waals surface area contributed by atoms with Crippen LogP contribution >= 0.6 is 23.1 Å². The summed E-state index contributed by atoms with van der Waals surface area (Å²) in [6, 6.07) is 8.73. The summed E-state index contributed by atoms with van der Waals surface area (Å²) in [6.45, 7) is 4.26. The van der Waals surface area contributed by atoms with Crippen molar-refractivity contribution >= 4 is 33.3 Å². The second kappa shape index (κ2) is 7.12. The van der Waals surface area contributed by atoms with Crippen molar-refractivity contribution < 1.29 is 0 Å². The van der Waals surface area contributed by atoms with Crippen molar-refractivity contribution in [3.05, 3.63) is 41.0 Å². The molecule has 0 aliphatic rings. The van der Waals surface area contributed by atoms with Crippen molar-refractivity contribution in [2.45, 2.75) is 31.7 Å². The Kier molecular flexibility index (Phi) is 4.94. The molecule has 3 aromatic rings. The number of fused-ring (bicyclic) bond motifs is 1. The normalized spacial score (nSPS) is 10.8. The minimum absolute atomic E-state index is 0.592. The molecule has 0 aliphatic heterocycles. The van der Waals surface area contributed by atoms with E-state index in [4.69, 9.17) is 5.26 Å². The summed E-state index contributed by atoms with van der Waals surface area (Å²) in [5.41, 5.74) is 5.00. The van der Waals surface area contributed by atoms with E-state index in [2.05, 4.69) is 53.5 Å². The molecule has 23 heavy (non-hydrogen) atoms. The topological polar surface area (TPSA) is 49.6 Å². The fraction of sp³-hybridized carbons (Fsp3) is 0.278. The summed E-state index contributed by atoms with van der Waals surface area (Å²) >= 11 is 3.38. The van der Waals surface area contributed by atoms with E-state index in [0.29, 0.717) is 6.42 Å². The number of rotatable bonds is 5. The third-order valence-corrected chi connectivity index (χ3v) is 5.64. The van der Waals surface area contributed by atoms with Crippen LogP contribution in [0.5, 0.6) is 0 Å². The number of nitriles is 1. The molecule has 3 nitrogen and oxygen atoms in total. The number of thiophene rings is 1. The van der Waals surface area contributed by atoms with Gasteiger partial charge in [0.2, 0.25) is 0 Å². The number of unbranched alkanes of at least 4 members (excludes halogenated alkanes) is 1. The van der Waals surface area contributed by atoms with Crippen molar-refractivity contribution in [2.75, 3.05) is 5.75 Å². The summed E-state index contributed by atoms with van der Waals surface area (Å²) in [5, 5.41) is 13.0. The maximum Gasteiger partial charge on any atom is 0.128 e. The van der Waals surface area contributed by atoms with Crippen molar-refractivity contribution in [1.82, 2.24) is 9.97 Å². The zero-order chi connectivity index (χ0) is 16.2. The molecule has 0 saturated heterocycles. The summed E-state index contributed by atoms with van der Waals surface area (Å²) in [6.07, 6.45) is 3.11. The Morgan fingerprint density at radius 3 is 2.87 bits per heavy atom. The van der Waals surface area contributed by atoms with Crippen LogP contribution in [0, 0.1) is 25.2 Å². The average molecular weight is 339 g/mol. The lowest BCUT2D eigenvalue weighted by molar-refractivity contribution is 0.977. The number of aryl methyl sites for hydroxylation is 2. The zero-order valence-electron chi connectivity index (χ0n) is 13.2. The van der Waals surface area contributed by atoms with Gasteiger partial charge in [-0.2, -0.15) is 5.26 Å². The first-order valence-corrected chi connectivity index (χ1v) is 9.37. The number of benzene rings is 1. The van der Waals surface area contributed by atoms with E-state index < -0.39 is 0 Å². The fourth-order valence-corrected chi connectivity index (χ4v) is 4.52. The second-order valence-electron chi connectivity index (χ2n) is 5.44. The number of thioether (sulfide) groups is 1. The van der Waals surface area contributed by atoms with Crippen LogP contribution < -0.4 is 0 Å². The van der Waals surface area contributed by atoms with Crippen molar-refractivity contribution in [3.63, 3.8) is 0 Å². The lowest BCUT2D eigenvalue weighted by Gasteiger charge is -2.08. The van der Waals surface area contributed by atoms with Gasteiger partial charge in [0.1, 0.15) is 16.2 Å². The molecular weight excluding hydrogens is 322 g/mol. The van der Waals surface area contributed by atoms with Gasteiger partial charge in [-0.25, -0.2) is 9.97 Å². The van der Waals surface area contributed by atoms with Crippen LogP contribution in [0.3, 0.4) is 0 Å². The Morgan fingerprint density at radius 2 is 2.09 bits per heavy atom. The number of nitrogens with zero attached hydrogens (tertiary/aromatic N) is 3. The van der Waals surface area contributed by atoms with Crippen molar-refractivity contribution in [1.29, 1.82) is 5.26 Å². The molecule has 3 rings (SSSR count). The standard InChI is InChI=1S/C18H17N3S2/c1-12-5-6-14(13(2)9-12)15-10-23-18-16(15)17(20-11-21-18)22-8-4-3-7-19/h5-6,9-11H,3-4,8H2,1-2H3. The van der Waals surface area contributed by atoms with E-state index >= 15 is 0 Å². The van der Waals surface area contributed by atoms with Crippen LogP contribution in [0.15, 0.2) is 34.9 Å². The Balaban J connectivity index is 2.03. The Bertz CT molecular complexity index is 878. The smallest absolute Gasteiger partial charge is 0.128 e. The highest BCUT2D eigenvalue weighted by molar-refractivity contribution is 7.99. The van der Waals surface area contributed by atoms with Crippen LogP contribution in [0.4, 0.5) is 0 Å². The molecule has 0 N–H and O–H groups in total. The highest BCUT2D eigenvalue weighted by Crippen LogP contribution is 2.39. The van der Waals surface area contributed by atoms with Crippen LogP contribution in [0.2, 0.25) is 0 Å². The quantitative estimate of drug-likeness (QED) is 0.356. The van der Waals surface area contributed by atoms with E-state index in [1.807, 2.05) is 0 Å². The lowest BCUT2D eigenvalue weighted by atomic mass is 9.99. The van der Waals surface area contributed by atoms with E-state index in [9.17, 15) is 0 Å². The molecule has 0 fully saturated rings. The molecule has 0 amide bonds. The Morgan fingerprint density at radius 1 is 1.22 bits per heavy atom. The van der Waals surface area contributed by atoms with Gasteiger partial charge in [-0.1, -0.05) is 23.8 Å². The molecular formula is C18H17N3S2. The van der Waals surface area contributed by atoms with Gasteiger partial charge in [0.25, 0.3) is 0 Å². The van der Waals surface area contributed by atoms with Crippen LogP contribution in [-0.4, -0.2) is 15.7 Å². The molecule has 1 aromatic carbocycles. The van der Waals surface area contributed by atoms with E-state index in [0.717, 1.165) is 27.4 Å². The van der Waals surface area contributed by atoms with E-state index in [1.54, 1.807) is 29.4 Å². The molecule has 5 heteroatoms. The van der Waals surface area contributed by atoms with Gasteiger partial charge in [-0.3, -0.25) is 0 Å². The van der Waals surface area contributed by atoms with Gasteiger partial charge in [0.05, 0.1) is 11.5 Å². The SMILES string of the molecule is Cc1ccc(-c2csc3ncnc(SCCCC#N)c23)c(C)c1. The zero-order valence-corrected chi connectivity index (χ0v) is 14.8. The predicted molar refractivity (Wildman–Crippen MR) is 97.9 cm³/mol. The van der Waals surface area contributed by atoms with Crippen molar-refractivity contribution in [2.24, 2.45) is 0 Å². The highest BCUT2D eigenvalue weighted by atomic mass is 32.2. The maximum atomic E-state index is 8.66. The summed E-state index contributed by atoms with van der Waals surface area (Å²) in [4.78, 5) is 9.93. The number of aromatic nitrogens is 2. The maximum absolute atomic E-state index is 8.66. The minimum atomic E-state index is 0.592. The first kappa shape index (κ1) is 16.0. The van der Waals surface area contributed by atoms with Gasteiger partial charge in [-0.15, -0.1) is 23.1 Å².